The molecule has 0 atom stereocenters. The lowest BCUT2D eigenvalue weighted by Gasteiger charge is -2.19. The van der Waals surface area contributed by atoms with Gasteiger partial charge in [0.25, 0.3) is 0 Å². The second-order valence-electron chi connectivity index (χ2n) is 5.23. The molecule has 0 aliphatic heterocycles. The van der Waals surface area contributed by atoms with Crippen LogP contribution < -0.4 is 4.72 Å². The second kappa shape index (κ2) is 5.17. The summed E-state index contributed by atoms with van der Waals surface area (Å²) in [6, 6.07) is 6.36. The molecule has 0 fully saturated rings. The first-order valence-electron chi connectivity index (χ1n) is 5.33. The monoisotopic (exact) mass is 286 g/mol. The molecule has 18 heavy (non-hydrogen) atoms. The Morgan fingerprint density at radius 2 is 2.00 bits per heavy atom. The van der Waals surface area contributed by atoms with Gasteiger partial charge < -0.3 is 0 Å². The highest BCUT2D eigenvalue weighted by Gasteiger charge is 2.22. The first-order valence-corrected chi connectivity index (χ1v) is 7.36. The average molecular weight is 287 g/mol. The molecule has 0 aliphatic rings. The number of nitrogens with zero attached hydrogens (tertiary/aromatic N) is 1. The van der Waals surface area contributed by atoms with E-state index in [9.17, 15) is 8.42 Å². The fraction of sp³-hybridized carbons (Fsp3) is 0.417. The van der Waals surface area contributed by atoms with Gasteiger partial charge in [-0.25, -0.2) is 8.42 Å². The Balaban J connectivity index is 2.96. The molecule has 0 saturated carbocycles. The zero-order valence-corrected chi connectivity index (χ0v) is 12.1. The fourth-order valence-electron chi connectivity index (χ4n) is 1.44. The molecule has 0 aliphatic carbocycles. The Bertz CT molecular complexity index is 583. The number of rotatable bonds is 3. The summed E-state index contributed by atoms with van der Waals surface area (Å²) in [6.45, 7) is 5.52. The van der Waals surface area contributed by atoms with Crippen molar-refractivity contribution in [3.63, 3.8) is 0 Å². The van der Waals surface area contributed by atoms with Crippen molar-refractivity contribution in [2.75, 3.05) is 10.5 Å². The Labute approximate surface area is 113 Å². The van der Waals surface area contributed by atoms with E-state index in [1.54, 1.807) is 0 Å². The number of hydrogen-bond donors (Lipinski definition) is 1. The Morgan fingerprint density at radius 3 is 2.44 bits per heavy atom. The Hall–Kier alpha value is -1.25. The van der Waals surface area contributed by atoms with Crippen molar-refractivity contribution >= 4 is 27.3 Å². The van der Waals surface area contributed by atoms with Crippen molar-refractivity contribution in [2.24, 2.45) is 5.41 Å². The summed E-state index contributed by atoms with van der Waals surface area (Å²) < 4.78 is 26.2. The van der Waals surface area contributed by atoms with Crippen molar-refractivity contribution in [1.29, 1.82) is 5.26 Å². The van der Waals surface area contributed by atoms with E-state index in [1.807, 2.05) is 26.8 Å². The number of hydrogen-bond acceptors (Lipinski definition) is 3. The van der Waals surface area contributed by atoms with Crippen LogP contribution in [0.3, 0.4) is 0 Å². The van der Waals surface area contributed by atoms with Gasteiger partial charge in [0, 0.05) is 0 Å². The Morgan fingerprint density at radius 1 is 1.39 bits per heavy atom. The molecule has 1 aromatic carbocycles. The maximum absolute atomic E-state index is 11.9. The smallest absolute Gasteiger partial charge is 0.233 e. The molecule has 1 rings (SSSR count). The largest absolute Gasteiger partial charge is 0.282 e. The van der Waals surface area contributed by atoms with Crippen LogP contribution in [0, 0.1) is 16.7 Å². The summed E-state index contributed by atoms with van der Waals surface area (Å²) in [5.74, 6) is -0.00364. The van der Waals surface area contributed by atoms with E-state index >= 15 is 0 Å². The lowest BCUT2D eigenvalue weighted by atomic mass is 10.0. The molecule has 0 aromatic heterocycles. The lowest BCUT2D eigenvalue weighted by molar-refractivity contribution is 0.463. The maximum atomic E-state index is 11.9. The molecule has 0 radical (unpaired) electrons. The molecule has 0 bridgehead atoms. The van der Waals surface area contributed by atoms with E-state index in [0.29, 0.717) is 11.3 Å². The van der Waals surface area contributed by atoms with Crippen LogP contribution in [0.4, 0.5) is 5.69 Å². The van der Waals surface area contributed by atoms with E-state index < -0.39 is 10.0 Å². The highest BCUT2D eigenvalue weighted by molar-refractivity contribution is 7.92. The van der Waals surface area contributed by atoms with E-state index in [2.05, 4.69) is 4.72 Å². The molecule has 0 heterocycles. The molecule has 1 N–H and O–H groups in total. The van der Waals surface area contributed by atoms with Gasteiger partial charge in [0.15, 0.2) is 0 Å². The first kappa shape index (κ1) is 14.8. The highest BCUT2D eigenvalue weighted by Crippen LogP contribution is 2.25. The summed E-state index contributed by atoms with van der Waals surface area (Å²) in [7, 11) is -3.45. The van der Waals surface area contributed by atoms with Crippen LogP contribution in [-0.2, 0) is 10.0 Å². The van der Waals surface area contributed by atoms with Gasteiger partial charge >= 0.3 is 0 Å². The van der Waals surface area contributed by atoms with Gasteiger partial charge in [-0.3, -0.25) is 4.72 Å². The van der Waals surface area contributed by atoms with Gasteiger partial charge in [-0.2, -0.15) is 5.26 Å². The third kappa shape index (κ3) is 4.55. The second-order valence-corrected chi connectivity index (χ2v) is 7.36. The van der Waals surface area contributed by atoms with Crippen molar-refractivity contribution in [3.8, 4) is 6.07 Å². The zero-order valence-electron chi connectivity index (χ0n) is 10.5. The van der Waals surface area contributed by atoms with Gasteiger partial charge in [-0.05, 0) is 23.6 Å². The SMILES string of the molecule is CC(C)(C)CS(=O)(=O)Nc1ccc(C#N)cc1Cl. The number of sulfonamides is 1. The number of nitrogens with one attached hydrogen (secondary N) is 1. The third-order valence-electron chi connectivity index (χ3n) is 1.99. The van der Waals surface area contributed by atoms with Gasteiger partial charge in [0.05, 0.1) is 28.1 Å². The van der Waals surface area contributed by atoms with Crippen LogP contribution in [0.15, 0.2) is 18.2 Å². The molecule has 98 valence electrons. The number of benzene rings is 1. The number of nitriles is 1. The molecule has 1 aromatic rings. The zero-order chi connectivity index (χ0) is 14.0. The van der Waals surface area contributed by atoms with Crippen LogP contribution in [0.1, 0.15) is 26.3 Å². The van der Waals surface area contributed by atoms with Crippen molar-refractivity contribution < 1.29 is 8.42 Å². The van der Waals surface area contributed by atoms with Crippen LogP contribution in [0.5, 0.6) is 0 Å². The van der Waals surface area contributed by atoms with E-state index in [4.69, 9.17) is 16.9 Å². The molecular formula is C12H15ClN2O2S. The first-order chi connectivity index (χ1) is 8.13. The van der Waals surface area contributed by atoms with Crippen molar-refractivity contribution in [1.82, 2.24) is 0 Å². The molecule has 0 unspecified atom stereocenters. The molecule has 4 nitrogen and oxygen atoms in total. The lowest BCUT2D eigenvalue weighted by Crippen LogP contribution is -2.26. The van der Waals surface area contributed by atoms with Crippen molar-refractivity contribution in [2.45, 2.75) is 20.8 Å². The standard InChI is InChI=1S/C12H15ClN2O2S/c1-12(2,3)8-18(16,17)15-11-5-4-9(7-14)6-10(11)13/h4-6,15H,8H2,1-3H3. The summed E-state index contributed by atoms with van der Waals surface area (Å²) in [6.07, 6.45) is 0. The number of halogens is 1. The summed E-state index contributed by atoms with van der Waals surface area (Å²) in [5.41, 5.74) is 0.337. The van der Waals surface area contributed by atoms with Crippen LogP contribution in [0.25, 0.3) is 0 Å². The van der Waals surface area contributed by atoms with E-state index in [0.717, 1.165) is 0 Å². The minimum Gasteiger partial charge on any atom is -0.282 e. The minimum absolute atomic E-state index is 0.00364. The summed E-state index contributed by atoms with van der Waals surface area (Å²) in [5, 5.41) is 8.91. The summed E-state index contributed by atoms with van der Waals surface area (Å²) >= 11 is 5.91. The van der Waals surface area contributed by atoms with Gasteiger partial charge in [0.1, 0.15) is 0 Å². The van der Waals surface area contributed by atoms with Gasteiger partial charge in [-0.15, -0.1) is 0 Å². The van der Waals surface area contributed by atoms with Crippen LogP contribution in [-0.4, -0.2) is 14.2 Å². The van der Waals surface area contributed by atoms with Crippen molar-refractivity contribution in [3.05, 3.63) is 28.8 Å². The van der Waals surface area contributed by atoms with Gasteiger partial charge in [-0.1, -0.05) is 32.4 Å². The van der Waals surface area contributed by atoms with E-state index in [1.165, 1.54) is 18.2 Å². The third-order valence-corrected chi connectivity index (χ3v) is 4.08. The number of anilines is 1. The van der Waals surface area contributed by atoms with Crippen LogP contribution in [0.2, 0.25) is 5.02 Å². The predicted octanol–water partition coefficient (Wildman–Crippen LogP) is 3.00. The predicted molar refractivity (Wildman–Crippen MR) is 73.0 cm³/mol. The quantitative estimate of drug-likeness (QED) is 0.928. The maximum Gasteiger partial charge on any atom is 0.233 e. The molecule has 0 saturated heterocycles. The highest BCUT2D eigenvalue weighted by atomic mass is 35.5. The average Bonchev–Trinajstić information content (AvgIpc) is 2.17. The Kier molecular flexibility index (Phi) is 4.25. The fourth-order valence-corrected chi connectivity index (χ4v) is 3.45. The topological polar surface area (TPSA) is 70.0 Å². The van der Waals surface area contributed by atoms with Gasteiger partial charge in [0.2, 0.25) is 10.0 Å². The molecular weight excluding hydrogens is 272 g/mol. The summed E-state index contributed by atoms with van der Waals surface area (Å²) in [4.78, 5) is 0. The van der Waals surface area contributed by atoms with E-state index in [-0.39, 0.29) is 16.2 Å². The minimum atomic E-state index is -3.45. The molecule has 6 heteroatoms. The molecule has 0 amide bonds. The van der Waals surface area contributed by atoms with Crippen LogP contribution >= 0.6 is 11.6 Å². The normalized spacial score (nSPS) is 11.9. The molecule has 0 spiro atoms.